The highest BCUT2D eigenvalue weighted by atomic mass is 35.5. The lowest BCUT2D eigenvalue weighted by atomic mass is 10.2. The van der Waals surface area contributed by atoms with Gasteiger partial charge in [0.15, 0.2) is 0 Å². The zero-order valence-corrected chi connectivity index (χ0v) is 11.2. The number of pyridine rings is 1. The summed E-state index contributed by atoms with van der Waals surface area (Å²) in [6.45, 7) is 2.04. The highest BCUT2D eigenvalue weighted by Crippen LogP contribution is 2.26. The van der Waals surface area contributed by atoms with E-state index in [1.165, 1.54) is 6.20 Å². The Hall–Kier alpha value is -1.17. The molecule has 0 amide bonds. The molecule has 7 heteroatoms. The predicted octanol–water partition coefficient (Wildman–Crippen LogP) is 3.24. The third kappa shape index (κ3) is 2.80. The second kappa shape index (κ2) is 5.65. The zero-order chi connectivity index (χ0) is 13.1. The van der Waals surface area contributed by atoms with Gasteiger partial charge in [0.1, 0.15) is 5.69 Å². The van der Waals surface area contributed by atoms with Crippen LogP contribution in [0.15, 0.2) is 16.8 Å². The molecule has 5 nitrogen and oxygen atoms in total. The van der Waals surface area contributed by atoms with Crippen molar-refractivity contribution in [3.05, 3.63) is 28.2 Å². The van der Waals surface area contributed by atoms with E-state index in [1.54, 1.807) is 6.07 Å². The molecule has 2 rings (SSSR count). The summed E-state index contributed by atoms with van der Waals surface area (Å²) >= 11 is 11.8. The van der Waals surface area contributed by atoms with E-state index in [1.807, 2.05) is 6.92 Å². The monoisotopic (exact) mass is 286 g/mol. The fraction of sp³-hybridized carbons (Fsp3) is 0.364. The third-order valence-corrected chi connectivity index (χ3v) is 2.87. The summed E-state index contributed by atoms with van der Waals surface area (Å²) in [5, 5.41) is 4.65. The average molecular weight is 287 g/mol. The number of hydrogen-bond acceptors (Lipinski definition) is 5. The van der Waals surface area contributed by atoms with Gasteiger partial charge in [-0.2, -0.15) is 4.98 Å². The van der Waals surface area contributed by atoms with Gasteiger partial charge >= 0.3 is 0 Å². The van der Waals surface area contributed by atoms with Crippen molar-refractivity contribution in [1.82, 2.24) is 15.1 Å². The molecule has 96 valence electrons. The van der Waals surface area contributed by atoms with Gasteiger partial charge in [0.2, 0.25) is 11.7 Å². The summed E-state index contributed by atoms with van der Waals surface area (Å²) in [6, 6.07) is 1.32. The number of nitrogens with zero attached hydrogens (tertiary/aromatic N) is 3. The Morgan fingerprint density at radius 2 is 2.22 bits per heavy atom. The topological polar surface area (TPSA) is 77.8 Å². The minimum atomic E-state index is -0.262. The summed E-state index contributed by atoms with van der Waals surface area (Å²) < 4.78 is 5.10. The fourth-order valence-corrected chi connectivity index (χ4v) is 1.96. The van der Waals surface area contributed by atoms with Crippen LogP contribution in [-0.4, -0.2) is 15.1 Å². The molecule has 0 spiro atoms. The molecule has 0 aromatic carbocycles. The lowest BCUT2D eigenvalue weighted by Gasteiger charge is -2.02. The molecule has 0 aliphatic heterocycles. The van der Waals surface area contributed by atoms with Crippen molar-refractivity contribution in [3.8, 4) is 11.5 Å². The summed E-state index contributed by atoms with van der Waals surface area (Å²) in [5.41, 5.74) is 6.32. The van der Waals surface area contributed by atoms with Gasteiger partial charge in [-0.1, -0.05) is 41.7 Å². The molecule has 2 aromatic rings. The van der Waals surface area contributed by atoms with Crippen LogP contribution in [0.2, 0.25) is 10.0 Å². The van der Waals surface area contributed by atoms with Gasteiger partial charge in [-0.3, -0.25) is 0 Å². The van der Waals surface area contributed by atoms with Crippen LogP contribution in [0.1, 0.15) is 31.7 Å². The number of nitrogens with two attached hydrogens (primary N) is 1. The van der Waals surface area contributed by atoms with E-state index in [-0.39, 0.29) is 6.04 Å². The van der Waals surface area contributed by atoms with Gasteiger partial charge in [-0.15, -0.1) is 0 Å². The maximum atomic E-state index is 6.01. The molecular weight excluding hydrogens is 275 g/mol. The first-order chi connectivity index (χ1) is 8.61. The molecule has 0 saturated heterocycles. The summed E-state index contributed by atoms with van der Waals surface area (Å²) in [6.07, 6.45) is 3.20. The SMILES string of the molecule is CCCC(N)c1nc(-c2ncc(Cl)cc2Cl)no1. The van der Waals surface area contributed by atoms with E-state index >= 15 is 0 Å². The normalized spacial score (nSPS) is 12.7. The molecule has 0 bridgehead atoms. The molecule has 0 radical (unpaired) electrons. The van der Waals surface area contributed by atoms with Crippen LogP contribution >= 0.6 is 23.2 Å². The second-order valence-electron chi connectivity index (χ2n) is 3.84. The number of hydrogen-bond donors (Lipinski definition) is 1. The number of halogens is 2. The van der Waals surface area contributed by atoms with Crippen LogP contribution in [0, 0.1) is 0 Å². The van der Waals surface area contributed by atoms with E-state index in [2.05, 4.69) is 15.1 Å². The molecule has 2 N–H and O–H groups in total. The van der Waals surface area contributed by atoms with Crippen LogP contribution in [0.3, 0.4) is 0 Å². The smallest absolute Gasteiger partial charge is 0.243 e. The van der Waals surface area contributed by atoms with Crippen molar-refractivity contribution < 1.29 is 4.52 Å². The highest BCUT2D eigenvalue weighted by Gasteiger charge is 2.17. The van der Waals surface area contributed by atoms with E-state index < -0.39 is 0 Å². The Morgan fingerprint density at radius 3 is 2.89 bits per heavy atom. The van der Waals surface area contributed by atoms with Crippen LogP contribution in [0.4, 0.5) is 0 Å². The molecular formula is C11H12Cl2N4O. The van der Waals surface area contributed by atoms with Crippen molar-refractivity contribution >= 4 is 23.2 Å². The standard InChI is InChI=1S/C11H12Cl2N4O/c1-2-3-8(14)11-16-10(17-18-11)9-7(13)4-6(12)5-15-9/h4-5,8H,2-3,14H2,1H3. The molecule has 1 atom stereocenters. The third-order valence-electron chi connectivity index (χ3n) is 2.38. The molecule has 2 heterocycles. The van der Waals surface area contributed by atoms with Crippen LogP contribution in [0.25, 0.3) is 11.5 Å². The number of aromatic nitrogens is 3. The molecule has 0 aliphatic rings. The fourth-order valence-electron chi connectivity index (χ4n) is 1.50. The maximum Gasteiger partial charge on any atom is 0.243 e. The van der Waals surface area contributed by atoms with Crippen molar-refractivity contribution in [2.75, 3.05) is 0 Å². The summed E-state index contributed by atoms with van der Waals surface area (Å²) in [7, 11) is 0. The van der Waals surface area contributed by atoms with Gasteiger partial charge in [-0.25, -0.2) is 4.98 Å². The molecule has 18 heavy (non-hydrogen) atoms. The highest BCUT2D eigenvalue weighted by molar-refractivity contribution is 6.35. The first-order valence-electron chi connectivity index (χ1n) is 5.52. The largest absolute Gasteiger partial charge is 0.337 e. The first kappa shape index (κ1) is 13.3. The van der Waals surface area contributed by atoms with Crippen LogP contribution in [0.5, 0.6) is 0 Å². The van der Waals surface area contributed by atoms with Gasteiger partial charge in [0, 0.05) is 6.20 Å². The van der Waals surface area contributed by atoms with Gasteiger partial charge in [-0.05, 0) is 12.5 Å². The molecule has 1 unspecified atom stereocenters. The Kier molecular flexibility index (Phi) is 4.16. The Balaban J connectivity index is 2.29. The Morgan fingerprint density at radius 1 is 1.44 bits per heavy atom. The van der Waals surface area contributed by atoms with E-state index in [4.69, 9.17) is 33.5 Å². The van der Waals surface area contributed by atoms with E-state index in [0.29, 0.717) is 27.5 Å². The van der Waals surface area contributed by atoms with Gasteiger partial charge < -0.3 is 10.3 Å². The average Bonchev–Trinajstić information content (AvgIpc) is 2.78. The van der Waals surface area contributed by atoms with Crippen LogP contribution in [-0.2, 0) is 0 Å². The lowest BCUT2D eigenvalue weighted by molar-refractivity contribution is 0.348. The molecule has 0 aliphatic carbocycles. The Bertz CT molecular complexity index is 544. The second-order valence-corrected chi connectivity index (χ2v) is 4.68. The van der Waals surface area contributed by atoms with Gasteiger partial charge in [0.25, 0.3) is 0 Å². The van der Waals surface area contributed by atoms with E-state index in [9.17, 15) is 0 Å². The lowest BCUT2D eigenvalue weighted by Crippen LogP contribution is -2.09. The van der Waals surface area contributed by atoms with Gasteiger partial charge in [0.05, 0.1) is 16.1 Å². The number of rotatable bonds is 4. The zero-order valence-electron chi connectivity index (χ0n) is 9.73. The maximum absolute atomic E-state index is 6.01. The summed E-state index contributed by atoms with van der Waals surface area (Å²) in [4.78, 5) is 8.27. The molecule has 2 aromatic heterocycles. The van der Waals surface area contributed by atoms with Crippen molar-refractivity contribution in [2.45, 2.75) is 25.8 Å². The first-order valence-corrected chi connectivity index (χ1v) is 6.28. The Labute approximate surface area is 114 Å². The quantitative estimate of drug-likeness (QED) is 0.933. The minimum absolute atomic E-state index is 0.262. The predicted molar refractivity (Wildman–Crippen MR) is 69.4 cm³/mol. The van der Waals surface area contributed by atoms with Crippen LogP contribution < -0.4 is 5.73 Å². The molecule has 0 saturated carbocycles. The van der Waals surface area contributed by atoms with Crippen molar-refractivity contribution in [2.24, 2.45) is 5.73 Å². The van der Waals surface area contributed by atoms with Crippen molar-refractivity contribution in [1.29, 1.82) is 0 Å². The van der Waals surface area contributed by atoms with E-state index in [0.717, 1.165) is 12.8 Å². The summed E-state index contributed by atoms with van der Waals surface area (Å²) in [5.74, 6) is 0.706. The minimum Gasteiger partial charge on any atom is -0.337 e. The molecule has 0 fully saturated rings. The van der Waals surface area contributed by atoms with Crippen molar-refractivity contribution in [3.63, 3.8) is 0 Å².